The van der Waals surface area contributed by atoms with Crippen LogP contribution < -0.4 is 15.3 Å². The van der Waals surface area contributed by atoms with Crippen molar-refractivity contribution in [3.8, 4) is 0 Å². The number of carbonyl (C=O) groups is 1. The first-order chi connectivity index (χ1) is 11.1. The Kier molecular flexibility index (Phi) is 5.10. The maximum absolute atomic E-state index is 12.1. The van der Waals surface area contributed by atoms with E-state index in [1.54, 1.807) is 19.1 Å². The van der Waals surface area contributed by atoms with Gasteiger partial charge in [-0.1, -0.05) is 23.8 Å². The average molecular weight is 370 g/mol. The first-order valence-electron chi connectivity index (χ1n) is 6.64. The van der Waals surface area contributed by atoms with Crippen molar-refractivity contribution < 1.29 is 27.6 Å². The molecule has 0 aliphatic heterocycles. The average Bonchev–Trinajstić information content (AvgIpc) is 2.46. The van der Waals surface area contributed by atoms with Crippen LogP contribution in [0.2, 0.25) is 0 Å². The largest absolute Gasteiger partial charge is 0.356 e. The van der Waals surface area contributed by atoms with E-state index in [9.17, 15) is 17.8 Å². The molecule has 0 fully saturated rings. The fraction of sp³-hybridized carbons (Fsp3) is 0.0714. The molecule has 0 unspecified atom stereocenters. The summed E-state index contributed by atoms with van der Waals surface area (Å²) in [4.78, 5) is 29.9. The van der Waals surface area contributed by atoms with Gasteiger partial charge in [0.25, 0.3) is 10.0 Å². The summed E-state index contributed by atoms with van der Waals surface area (Å²) in [6, 6.07) is 9.84. The van der Waals surface area contributed by atoms with E-state index in [0.717, 1.165) is 11.6 Å². The lowest BCUT2D eigenvalue weighted by Crippen LogP contribution is -2.34. The van der Waals surface area contributed by atoms with Crippen molar-refractivity contribution in [1.29, 1.82) is 0 Å². The van der Waals surface area contributed by atoms with Crippen LogP contribution in [0.3, 0.4) is 0 Å². The second-order valence-electron chi connectivity index (χ2n) is 4.97. The van der Waals surface area contributed by atoms with Gasteiger partial charge in [0.05, 0.1) is 10.2 Å². The van der Waals surface area contributed by atoms with Crippen molar-refractivity contribution in [2.45, 2.75) is 11.8 Å². The summed E-state index contributed by atoms with van der Waals surface area (Å²) in [6.45, 7) is 1.80. The molecule has 2 aromatic carbocycles. The van der Waals surface area contributed by atoms with Crippen LogP contribution in [0.1, 0.15) is 5.56 Å². The van der Waals surface area contributed by atoms with Crippen LogP contribution in [0.15, 0.2) is 53.4 Å². The SMILES string of the molecule is Cc1ccc(S(=O)(=O)NC(=O)Nc2cccc(P(=O)(O)O)c2)cc1. The van der Waals surface area contributed by atoms with Gasteiger partial charge in [0, 0.05) is 5.69 Å². The lowest BCUT2D eigenvalue weighted by Gasteiger charge is -2.10. The van der Waals surface area contributed by atoms with E-state index >= 15 is 0 Å². The predicted octanol–water partition coefficient (Wildman–Crippen LogP) is 1.31. The van der Waals surface area contributed by atoms with Gasteiger partial charge in [-0.05, 0) is 37.3 Å². The van der Waals surface area contributed by atoms with Gasteiger partial charge in [-0.15, -0.1) is 0 Å². The van der Waals surface area contributed by atoms with Crippen LogP contribution in [0.4, 0.5) is 10.5 Å². The number of amides is 2. The van der Waals surface area contributed by atoms with Crippen molar-refractivity contribution in [2.24, 2.45) is 0 Å². The molecular formula is C14H15N2O6PS. The number of hydrogen-bond donors (Lipinski definition) is 4. The molecule has 0 aliphatic rings. The van der Waals surface area contributed by atoms with Gasteiger partial charge >= 0.3 is 13.6 Å². The summed E-state index contributed by atoms with van der Waals surface area (Å²) in [5, 5.41) is 1.93. The fourth-order valence-electron chi connectivity index (χ4n) is 1.82. The number of anilines is 1. The van der Waals surface area contributed by atoms with Crippen molar-refractivity contribution in [3.05, 3.63) is 54.1 Å². The summed E-state index contributed by atoms with van der Waals surface area (Å²) >= 11 is 0. The van der Waals surface area contributed by atoms with Gasteiger partial charge in [-0.25, -0.2) is 17.9 Å². The third-order valence-corrected chi connectivity index (χ3v) is 5.30. The molecule has 0 aliphatic carbocycles. The normalized spacial score (nSPS) is 11.8. The molecular weight excluding hydrogens is 355 g/mol. The van der Waals surface area contributed by atoms with Crippen molar-refractivity contribution in [1.82, 2.24) is 4.72 Å². The third kappa shape index (κ3) is 4.65. The van der Waals surface area contributed by atoms with Gasteiger partial charge in [0.2, 0.25) is 0 Å². The molecule has 0 heterocycles. The number of sulfonamides is 1. The van der Waals surface area contributed by atoms with Crippen LogP contribution >= 0.6 is 7.60 Å². The number of urea groups is 1. The van der Waals surface area contributed by atoms with Crippen LogP contribution in [0.5, 0.6) is 0 Å². The Morgan fingerprint density at radius 1 is 1.08 bits per heavy atom. The molecule has 0 saturated carbocycles. The molecule has 0 bridgehead atoms. The third-order valence-electron chi connectivity index (χ3n) is 3.00. The smallest absolute Gasteiger partial charge is 0.321 e. The Bertz CT molecular complexity index is 905. The molecule has 2 aromatic rings. The molecule has 128 valence electrons. The van der Waals surface area contributed by atoms with Crippen molar-refractivity contribution in [2.75, 3.05) is 5.32 Å². The first kappa shape index (κ1) is 18.2. The maximum atomic E-state index is 12.1. The first-order valence-corrected chi connectivity index (χ1v) is 9.74. The Hall–Kier alpha value is -2.19. The summed E-state index contributed by atoms with van der Waals surface area (Å²) in [6.07, 6.45) is 0. The Balaban J connectivity index is 2.13. The van der Waals surface area contributed by atoms with Gasteiger partial charge < -0.3 is 15.1 Å². The Morgan fingerprint density at radius 2 is 1.71 bits per heavy atom. The minimum Gasteiger partial charge on any atom is -0.321 e. The molecule has 4 N–H and O–H groups in total. The van der Waals surface area contributed by atoms with E-state index in [2.05, 4.69) is 5.32 Å². The second kappa shape index (κ2) is 6.74. The molecule has 2 rings (SSSR count). The highest BCUT2D eigenvalue weighted by molar-refractivity contribution is 7.90. The van der Waals surface area contributed by atoms with Crippen LogP contribution in [-0.4, -0.2) is 24.2 Å². The van der Waals surface area contributed by atoms with Crippen LogP contribution in [-0.2, 0) is 14.6 Å². The van der Waals surface area contributed by atoms with E-state index in [0.29, 0.717) is 0 Å². The minimum absolute atomic E-state index is 0.0485. The van der Waals surface area contributed by atoms with Gasteiger partial charge in [0.1, 0.15) is 0 Å². The van der Waals surface area contributed by atoms with Gasteiger partial charge in [-0.2, -0.15) is 0 Å². The maximum Gasteiger partial charge on any atom is 0.356 e. The van der Waals surface area contributed by atoms with E-state index in [-0.39, 0.29) is 15.9 Å². The van der Waals surface area contributed by atoms with Crippen LogP contribution in [0.25, 0.3) is 0 Å². The number of aryl methyl sites for hydroxylation is 1. The number of rotatable bonds is 4. The summed E-state index contributed by atoms with van der Waals surface area (Å²) in [5.41, 5.74) is 0.917. The topological polar surface area (TPSA) is 133 Å². The molecule has 24 heavy (non-hydrogen) atoms. The van der Waals surface area contributed by atoms with Crippen molar-refractivity contribution >= 4 is 34.6 Å². The van der Waals surface area contributed by atoms with Gasteiger partial charge in [0.15, 0.2) is 0 Å². The molecule has 2 amide bonds. The lowest BCUT2D eigenvalue weighted by atomic mass is 10.2. The highest BCUT2D eigenvalue weighted by Gasteiger charge is 2.19. The number of benzene rings is 2. The van der Waals surface area contributed by atoms with E-state index in [1.165, 1.54) is 30.3 Å². The standard InChI is InChI=1S/C14H15N2O6PS/c1-10-5-7-13(8-6-10)24(21,22)16-14(17)15-11-3-2-4-12(9-11)23(18,19)20/h2-9H,1H3,(H2,15,16,17)(H2,18,19,20). The fourth-order valence-corrected chi connectivity index (χ4v) is 3.31. The Labute approximate surface area is 138 Å². The number of hydrogen-bond acceptors (Lipinski definition) is 4. The van der Waals surface area contributed by atoms with Crippen LogP contribution in [0, 0.1) is 6.92 Å². The molecule has 10 heteroatoms. The summed E-state index contributed by atoms with van der Waals surface area (Å²) in [7, 11) is -8.52. The van der Waals surface area contributed by atoms with E-state index in [4.69, 9.17) is 9.79 Å². The molecule has 0 atom stereocenters. The predicted molar refractivity (Wildman–Crippen MR) is 88.6 cm³/mol. The zero-order valence-electron chi connectivity index (χ0n) is 12.5. The second-order valence-corrected chi connectivity index (χ2v) is 8.25. The van der Waals surface area contributed by atoms with E-state index < -0.39 is 23.7 Å². The highest BCUT2D eigenvalue weighted by atomic mass is 32.2. The zero-order chi connectivity index (χ0) is 18.0. The summed E-state index contributed by atoms with van der Waals surface area (Å²) < 4.78 is 37.2. The Morgan fingerprint density at radius 3 is 2.29 bits per heavy atom. The lowest BCUT2D eigenvalue weighted by molar-refractivity contribution is 0.256. The molecule has 8 nitrogen and oxygen atoms in total. The monoisotopic (exact) mass is 370 g/mol. The molecule has 0 spiro atoms. The summed E-state index contributed by atoms with van der Waals surface area (Å²) in [5.74, 6) is 0. The number of carbonyl (C=O) groups excluding carboxylic acids is 1. The number of nitrogens with one attached hydrogen (secondary N) is 2. The molecule has 0 radical (unpaired) electrons. The molecule has 0 aromatic heterocycles. The quantitative estimate of drug-likeness (QED) is 0.600. The van der Waals surface area contributed by atoms with E-state index in [1.807, 2.05) is 4.72 Å². The van der Waals surface area contributed by atoms with Gasteiger partial charge in [-0.3, -0.25) is 4.57 Å². The molecule has 0 saturated heterocycles. The van der Waals surface area contributed by atoms with Crippen molar-refractivity contribution in [3.63, 3.8) is 0 Å². The zero-order valence-corrected chi connectivity index (χ0v) is 14.2. The highest BCUT2D eigenvalue weighted by Crippen LogP contribution is 2.33. The minimum atomic E-state index is -4.47.